The normalized spacial score (nSPS) is 13.4. The molecule has 0 bridgehead atoms. The van der Waals surface area contributed by atoms with Crippen molar-refractivity contribution >= 4 is 23.1 Å². The van der Waals surface area contributed by atoms with Crippen molar-refractivity contribution in [1.29, 1.82) is 0 Å². The minimum atomic E-state index is -0.213. The summed E-state index contributed by atoms with van der Waals surface area (Å²) in [5, 5.41) is 4.47. The van der Waals surface area contributed by atoms with Gasteiger partial charge < -0.3 is 4.74 Å². The number of hydrogen-bond donors (Lipinski definition) is 0. The zero-order valence-electron chi connectivity index (χ0n) is 14.4. The lowest BCUT2D eigenvalue weighted by Gasteiger charge is -2.01. The summed E-state index contributed by atoms with van der Waals surface area (Å²) in [6.45, 7) is 4.31. The molecule has 0 N–H and O–H groups in total. The standard InChI is InChI=1S/C18H20N4O2S/c1-11-9-12(2)22-18(19-11)20-16(21-22)7-4-8-24-17(23)15-10-13-5-3-6-14(13)25-15/h9-10H,3-8H2,1-2H3. The number of ether oxygens (including phenoxy) is 1. The van der Waals surface area contributed by atoms with Crippen LogP contribution in [0.4, 0.5) is 0 Å². The van der Waals surface area contributed by atoms with E-state index in [1.807, 2.05) is 26.0 Å². The Morgan fingerprint density at radius 3 is 3.00 bits per heavy atom. The van der Waals surface area contributed by atoms with E-state index in [0.717, 1.165) is 34.9 Å². The molecule has 0 atom stereocenters. The van der Waals surface area contributed by atoms with Crippen molar-refractivity contribution in [2.75, 3.05) is 6.61 Å². The van der Waals surface area contributed by atoms with Crippen LogP contribution in [0.25, 0.3) is 5.78 Å². The molecular weight excluding hydrogens is 336 g/mol. The monoisotopic (exact) mass is 356 g/mol. The largest absolute Gasteiger partial charge is 0.461 e. The van der Waals surface area contributed by atoms with Gasteiger partial charge in [0.1, 0.15) is 4.88 Å². The predicted octanol–water partition coefficient (Wildman–Crippen LogP) is 3.08. The van der Waals surface area contributed by atoms with Gasteiger partial charge in [0.25, 0.3) is 5.78 Å². The second kappa shape index (κ2) is 6.55. The number of aromatic nitrogens is 4. The highest BCUT2D eigenvalue weighted by molar-refractivity contribution is 7.14. The van der Waals surface area contributed by atoms with Gasteiger partial charge in [0.05, 0.1) is 6.61 Å². The molecule has 0 unspecified atom stereocenters. The van der Waals surface area contributed by atoms with E-state index in [1.54, 1.807) is 15.9 Å². The Hall–Kier alpha value is -2.28. The number of carbonyl (C=O) groups excluding carboxylic acids is 1. The zero-order valence-corrected chi connectivity index (χ0v) is 15.2. The van der Waals surface area contributed by atoms with Crippen LogP contribution < -0.4 is 0 Å². The van der Waals surface area contributed by atoms with Crippen molar-refractivity contribution in [3.63, 3.8) is 0 Å². The number of rotatable bonds is 5. The van der Waals surface area contributed by atoms with E-state index in [-0.39, 0.29) is 5.97 Å². The molecule has 3 aromatic heterocycles. The molecule has 1 aliphatic carbocycles. The van der Waals surface area contributed by atoms with E-state index in [1.165, 1.54) is 16.9 Å². The third-order valence-electron chi connectivity index (χ3n) is 4.39. The molecule has 0 aromatic carbocycles. The number of hydrogen-bond acceptors (Lipinski definition) is 6. The Bertz CT molecular complexity index is 923. The van der Waals surface area contributed by atoms with Gasteiger partial charge in [-0.1, -0.05) is 0 Å². The molecule has 130 valence electrons. The van der Waals surface area contributed by atoms with Gasteiger partial charge in [-0.2, -0.15) is 4.98 Å². The van der Waals surface area contributed by atoms with Crippen molar-refractivity contribution in [3.8, 4) is 0 Å². The first-order valence-corrected chi connectivity index (χ1v) is 9.40. The van der Waals surface area contributed by atoms with Gasteiger partial charge in [-0.3, -0.25) is 0 Å². The van der Waals surface area contributed by atoms with Gasteiger partial charge in [-0.05, 0) is 57.2 Å². The summed E-state index contributed by atoms with van der Waals surface area (Å²) in [4.78, 5) is 23.0. The SMILES string of the molecule is Cc1cc(C)n2nc(CCCOC(=O)c3cc4c(s3)CCC4)nc2n1. The molecule has 3 aromatic rings. The third kappa shape index (κ3) is 3.28. The first-order chi connectivity index (χ1) is 12.1. The van der Waals surface area contributed by atoms with Crippen molar-refractivity contribution < 1.29 is 9.53 Å². The zero-order chi connectivity index (χ0) is 17.4. The molecule has 3 heterocycles. The molecule has 0 spiro atoms. The number of aryl methyl sites for hydroxylation is 5. The topological polar surface area (TPSA) is 69.4 Å². The van der Waals surface area contributed by atoms with E-state index < -0.39 is 0 Å². The summed E-state index contributed by atoms with van der Waals surface area (Å²) in [6, 6.07) is 3.97. The number of fused-ring (bicyclic) bond motifs is 2. The van der Waals surface area contributed by atoms with Gasteiger partial charge in [0, 0.05) is 22.7 Å². The van der Waals surface area contributed by atoms with Crippen molar-refractivity contribution in [2.45, 2.75) is 46.0 Å². The quantitative estimate of drug-likeness (QED) is 0.519. The molecule has 0 fully saturated rings. The average Bonchev–Trinajstić information content (AvgIpc) is 3.24. The molecule has 7 heteroatoms. The highest BCUT2D eigenvalue weighted by Gasteiger charge is 2.19. The number of esters is 1. The van der Waals surface area contributed by atoms with Crippen LogP contribution in [0.1, 0.15) is 50.2 Å². The van der Waals surface area contributed by atoms with E-state index >= 15 is 0 Å². The molecule has 1 aliphatic rings. The Kier molecular flexibility index (Phi) is 4.25. The van der Waals surface area contributed by atoms with Gasteiger partial charge in [0.15, 0.2) is 5.82 Å². The van der Waals surface area contributed by atoms with Crippen molar-refractivity contribution in [3.05, 3.63) is 44.7 Å². The van der Waals surface area contributed by atoms with Crippen LogP contribution >= 0.6 is 11.3 Å². The van der Waals surface area contributed by atoms with Crippen LogP contribution in [0.5, 0.6) is 0 Å². The van der Waals surface area contributed by atoms with Gasteiger partial charge in [-0.15, -0.1) is 16.4 Å². The van der Waals surface area contributed by atoms with Crippen LogP contribution in [0, 0.1) is 13.8 Å². The lowest BCUT2D eigenvalue weighted by molar-refractivity contribution is 0.0505. The minimum absolute atomic E-state index is 0.213. The number of carbonyl (C=O) groups is 1. The Balaban J connectivity index is 1.31. The van der Waals surface area contributed by atoms with Gasteiger partial charge in [-0.25, -0.2) is 14.3 Å². The molecule has 0 radical (unpaired) electrons. The lowest BCUT2D eigenvalue weighted by atomic mass is 10.2. The van der Waals surface area contributed by atoms with Gasteiger partial charge >= 0.3 is 5.97 Å². The molecule has 4 rings (SSSR count). The maximum Gasteiger partial charge on any atom is 0.348 e. The molecule has 25 heavy (non-hydrogen) atoms. The van der Waals surface area contributed by atoms with E-state index in [4.69, 9.17) is 4.74 Å². The Morgan fingerprint density at radius 2 is 2.16 bits per heavy atom. The number of nitrogens with zero attached hydrogens (tertiary/aromatic N) is 4. The Morgan fingerprint density at radius 1 is 1.28 bits per heavy atom. The first kappa shape index (κ1) is 16.2. The van der Waals surface area contributed by atoms with Crippen molar-refractivity contribution in [1.82, 2.24) is 19.6 Å². The number of thiophene rings is 1. The van der Waals surface area contributed by atoms with Crippen LogP contribution in [0.15, 0.2) is 12.1 Å². The maximum atomic E-state index is 12.1. The second-order valence-electron chi connectivity index (χ2n) is 6.43. The fourth-order valence-corrected chi connectivity index (χ4v) is 4.36. The summed E-state index contributed by atoms with van der Waals surface area (Å²) in [6.07, 6.45) is 4.75. The van der Waals surface area contributed by atoms with Crippen LogP contribution in [0.2, 0.25) is 0 Å². The predicted molar refractivity (Wildman–Crippen MR) is 95.2 cm³/mol. The average molecular weight is 356 g/mol. The van der Waals surface area contributed by atoms with Crippen molar-refractivity contribution in [2.24, 2.45) is 0 Å². The smallest absolute Gasteiger partial charge is 0.348 e. The highest BCUT2D eigenvalue weighted by Crippen LogP contribution is 2.30. The molecule has 0 saturated heterocycles. The van der Waals surface area contributed by atoms with E-state index in [9.17, 15) is 4.79 Å². The molecule has 6 nitrogen and oxygen atoms in total. The molecule has 0 amide bonds. The molecular formula is C18H20N4O2S. The first-order valence-electron chi connectivity index (χ1n) is 8.59. The van der Waals surface area contributed by atoms with Crippen LogP contribution in [-0.2, 0) is 24.0 Å². The minimum Gasteiger partial charge on any atom is -0.461 e. The molecule has 0 aliphatic heterocycles. The maximum absolute atomic E-state index is 12.1. The lowest BCUT2D eigenvalue weighted by Crippen LogP contribution is -2.06. The fraction of sp³-hybridized carbons (Fsp3) is 0.444. The second-order valence-corrected chi connectivity index (χ2v) is 7.57. The summed E-state index contributed by atoms with van der Waals surface area (Å²) in [7, 11) is 0. The Labute approximate surface area is 149 Å². The summed E-state index contributed by atoms with van der Waals surface area (Å²) < 4.78 is 7.15. The highest BCUT2D eigenvalue weighted by atomic mass is 32.1. The van der Waals surface area contributed by atoms with E-state index in [0.29, 0.717) is 25.2 Å². The van der Waals surface area contributed by atoms with E-state index in [2.05, 4.69) is 15.1 Å². The fourth-order valence-electron chi connectivity index (χ4n) is 3.21. The molecule has 0 saturated carbocycles. The van der Waals surface area contributed by atoms with Crippen LogP contribution in [-0.4, -0.2) is 32.2 Å². The summed E-state index contributed by atoms with van der Waals surface area (Å²) in [5.41, 5.74) is 3.27. The van der Waals surface area contributed by atoms with Gasteiger partial charge in [0.2, 0.25) is 0 Å². The summed E-state index contributed by atoms with van der Waals surface area (Å²) >= 11 is 1.58. The van der Waals surface area contributed by atoms with Crippen LogP contribution in [0.3, 0.4) is 0 Å². The summed E-state index contributed by atoms with van der Waals surface area (Å²) in [5.74, 6) is 1.14. The third-order valence-corrected chi connectivity index (χ3v) is 5.60.